The molecule has 0 aliphatic rings. The zero-order chi connectivity index (χ0) is 44.4. The van der Waals surface area contributed by atoms with Gasteiger partial charge in [-0.25, -0.2) is 4.98 Å². The molecule has 0 aliphatic heterocycles. The average Bonchev–Trinajstić information content (AvgIpc) is 3.68. The fraction of sp³-hybridized carbons (Fsp3) is 0.305. The van der Waals surface area contributed by atoms with Gasteiger partial charge in [-0.2, -0.15) is 0 Å². The largest absolute Gasteiger partial charge is 0.507 e. The van der Waals surface area contributed by atoms with Gasteiger partial charge in [0.2, 0.25) is 0 Å². The second-order valence-electron chi connectivity index (χ2n) is 21.1. The number of aryl methyl sites for hydroxylation is 2. The molecular formula is C59H69HfNO2S-2. The molecule has 0 aliphatic carbocycles. The first-order valence-electron chi connectivity index (χ1n) is 21.6. The monoisotopic (exact) mass is 1040 g/mol. The van der Waals surface area contributed by atoms with E-state index in [4.69, 9.17) is 4.98 Å². The summed E-state index contributed by atoms with van der Waals surface area (Å²) in [5.74, 6) is 0.526. The maximum atomic E-state index is 12.2. The molecule has 2 N–H and O–H groups in total. The van der Waals surface area contributed by atoms with E-state index in [1.165, 1.54) is 22.3 Å². The van der Waals surface area contributed by atoms with Gasteiger partial charge >= 0.3 is 0 Å². The van der Waals surface area contributed by atoms with Crippen LogP contribution < -0.4 is 0 Å². The van der Waals surface area contributed by atoms with Gasteiger partial charge in [0.1, 0.15) is 16.5 Å². The first kappa shape index (κ1) is 52.0. The van der Waals surface area contributed by atoms with Crippen LogP contribution in [0.1, 0.15) is 116 Å². The summed E-state index contributed by atoms with van der Waals surface area (Å²) in [6.07, 6.45) is 0. The maximum absolute atomic E-state index is 12.2. The van der Waals surface area contributed by atoms with E-state index in [0.29, 0.717) is 0 Å². The van der Waals surface area contributed by atoms with Crippen molar-refractivity contribution in [3.8, 4) is 77.8 Å². The van der Waals surface area contributed by atoms with Gasteiger partial charge in [-0.05, 0) is 115 Å². The number of benzene rings is 6. The van der Waals surface area contributed by atoms with Crippen LogP contribution in [0.2, 0.25) is 0 Å². The topological polar surface area (TPSA) is 53.4 Å². The molecule has 7 aromatic rings. The quantitative estimate of drug-likeness (QED) is 0.129. The van der Waals surface area contributed by atoms with Crippen LogP contribution in [0.3, 0.4) is 0 Å². The molecule has 0 spiro atoms. The van der Waals surface area contributed by atoms with E-state index < -0.39 is 0 Å². The predicted octanol–water partition coefficient (Wildman–Crippen LogP) is 17.3. The van der Waals surface area contributed by atoms with Crippen molar-refractivity contribution in [2.45, 2.75) is 119 Å². The third kappa shape index (κ3) is 10.7. The van der Waals surface area contributed by atoms with E-state index in [1.807, 2.05) is 24.3 Å². The molecule has 0 fully saturated rings. The van der Waals surface area contributed by atoms with E-state index in [9.17, 15) is 10.2 Å². The van der Waals surface area contributed by atoms with Gasteiger partial charge < -0.3 is 25.1 Å². The summed E-state index contributed by atoms with van der Waals surface area (Å²) >= 11 is 1.59. The molecule has 1 aromatic heterocycles. The standard InChI is InChI=1S/C57H63NO2S.2CH3.Hf/c1-34-23-46(36-27-38(54(3,4)5)31-39(28-36)55(6,7)8)51(59)48(25-34)42-19-15-17-21-44(42)50-33-61-53(58-50)45-22-18-16-20-43(45)49-26-35(2)24-47(52(49)60)37-29-40(56(9,10)11)32-41(30-37)57(12,13)14;;;/h15-33,59-60H,1-14H3;2*1H3;/q;2*-1;. The molecule has 0 radical (unpaired) electrons. The Morgan fingerprint density at radius 1 is 0.406 bits per heavy atom. The molecule has 0 atom stereocenters. The van der Waals surface area contributed by atoms with Crippen molar-refractivity contribution >= 4 is 11.3 Å². The molecule has 6 aromatic carbocycles. The minimum Gasteiger partial charge on any atom is -0.507 e. The van der Waals surface area contributed by atoms with Gasteiger partial charge in [-0.3, -0.25) is 0 Å². The average molecular weight is 1030 g/mol. The Labute approximate surface area is 408 Å². The van der Waals surface area contributed by atoms with Crippen LogP contribution in [0.15, 0.2) is 115 Å². The fourth-order valence-corrected chi connectivity index (χ4v) is 8.93. The van der Waals surface area contributed by atoms with Gasteiger partial charge in [0.05, 0.1) is 5.69 Å². The third-order valence-electron chi connectivity index (χ3n) is 11.9. The summed E-state index contributed by atoms with van der Waals surface area (Å²) in [6, 6.07) is 38.5. The maximum Gasteiger partial charge on any atom is 0.131 e. The summed E-state index contributed by atoms with van der Waals surface area (Å²) < 4.78 is 0. The predicted molar refractivity (Wildman–Crippen MR) is 275 cm³/mol. The molecule has 0 saturated heterocycles. The third-order valence-corrected chi connectivity index (χ3v) is 12.8. The van der Waals surface area contributed by atoms with Crippen LogP contribution in [0.5, 0.6) is 11.5 Å². The Kier molecular flexibility index (Phi) is 15.5. The smallest absolute Gasteiger partial charge is 0.131 e. The number of rotatable bonds is 6. The molecule has 5 heteroatoms. The van der Waals surface area contributed by atoms with Crippen LogP contribution >= 0.6 is 11.3 Å². The second kappa shape index (κ2) is 19.1. The van der Waals surface area contributed by atoms with E-state index in [-0.39, 0.29) is 73.9 Å². The van der Waals surface area contributed by atoms with Gasteiger partial charge in [0.15, 0.2) is 0 Å². The van der Waals surface area contributed by atoms with Crippen LogP contribution in [0.4, 0.5) is 0 Å². The van der Waals surface area contributed by atoms with E-state index in [1.54, 1.807) is 11.3 Å². The number of phenols is 2. The van der Waals surface area contributed by atoms with Gasteiger partial charge in [-0.15, -0.1) is 11.3 Å². The molecular weight excluding hydrogens is 965 g/mol. The molecule has 334 valence electrons. The van der Waals surface area contributed by atoms with Crippen LogP contribution in [-0.4, -0.2) is 15.2 Å². The van der Waals surface area contributed by atoms with Crippen LogP contribution in [-0.2, 0) is 47.5 Å². The summed E-state index contributed by atoms with van der Waals surface area (Å²) in [6.45, 7) is 31.1. The van der Waals surface area contributed by atoms with Crippen molar-refractivity contribution in [1.82, 2.24) is 4.98 Å². The first-order chi connectivity index (χ1) is 28.4. The van der Waals surface area contributed by atoms with Crippen molar-refractivity contribution in [2.75, 3.05) is 0 Å². The number of nitrogens with zero attached hydrogens (tertiary/aromatic N) is 1. The molecule has 0 unspecified atom stereocenters. The number of phenolic OH excluding ortho intramolecular Hbond substituents is 2. The molecule has 64 heavy (non-hydrogen) atoms. The summed E-state index contributed by atoms with van der Waals surface area (Å²) in [7, 11) is 0. The zero-order valence-electron chi connectivity index (χ0n) is 41.2. The van der Waals surface area contributed by atoms with Crippen molar-refractivity contribution in [3.05, 3.63) is 163 Å². The van der Waals surface area contributed by atoms with Crippen molar-refractivity contribution in [1.29, 1.82) is 0 Å². The van der Waals surface area contributed by atoms with Crippen LogP contribution in [0, 0.1) is 28.7 Å². The normalized spacial score (nSPS) is 12.0. The Morgan fingerprint density at radius 2 is 0.719 bits per heavy atom. The molecule has 0 amide bonds. The van der Waals surface area contributed by atoms with Gasteiger partial charge in [0, 0.05) is 64.6 Å². The molecule has 0 bridgehead atoms. The summed E-state index contributed by atoms with van der Waals surface area (Å²) in [5, 5.41) is 27.5. The molecule has 1 heterocycles. The Bertz CT molecular complexity index is 2530. The molecule has 3 nitrogen and oxygen atoms in total. The Balaban J connectivity index is 0.00000299. The number of hydrogen-bond acceptors (Lipinski definition) is 4. The van der Waals surface area contributed by atoms with Crippen molar-refractivity contribution < 1.29 is 36.1 Å². The minimum atomic E-state index is -0.0552. The SMILES string of the molecule is Cc1cc(-c2cc(C(C)(C)C)cc(C(C)(C)C)c2)c(O)c(-c2ccccc2-c2csc(-c3ccccc3-c3cc(C)cc(-c4cc(C(C)(C)C)cc(C(C)(C)C)c4)c3O)n2)c1.[CH3-].[CH3-].[Hf]. The van der Waals surface area contributed by atoms with Gasteiger partial charge in [0.25, 0.3) is 0 Å². The van der Waals surface area contributed by atoms with E-state index in [0.717, 1.165) is 77.5 Å². The number of thiazole rings is 1. The minimum absolute atomic E-state index is 0. The number of aromatic nitrogens is 1. The number of aromatic hydroxyl groups is 2. The fourth-order valence-electron chi connectivity index (χ4n) is 8.07. The number of hydrogen-bond donors (Lipinski definition) is 2. The molecule has 7 rings (SSSR count). The van der Waals surface area contributed by atoms with Gasteiger partial charge in [-0.1, -0.05) is 168 Å². The summed E-state index contributed by atoms with van der Waals surface area (Å²) in [5.41, 5.74) is 16.7. The molecule has 0 saturated carbocycles. The van der Waals surface area contributed by atoms with Crippen LogP contribution in [0.25, 0.3) is 66.3 Å². The van der Waals surface area contributed by atoms with E-state index in [2.05, 4.69) is 187 Å². The van der Waals surface area contributed by atoms with E-state index >= 15 is 0 Å². The van der Waals surface area contributed by atoms with Crippen molar-refractivity contribution in [3.63, 3.8) is 0 Å². The second-order valence-corrected chi connectivity index (χ2v) is 22.0. The zero-order valence-corrected chi connectivity index (χ0v) is 45.6. The summed E-state index contributed by atoms with van der Waals surface area (Å²) in [4.78, 5) is 5.30. The first-order valence-corrected chi connectivity index (χ1v) is 22.4. The Morgan fingerprint density at radius 3 is 1.08 bits per heavy atom. The Hall–Kier alpha value is -4.58. The van der Waals surface area contributed by atoms with Crippen molar-refractivity contribution in [2.24, 2.45) is 0 Å².